The molecule has 0 aliphatic heterocycles. The Labute approximate surface area is 139 Å². The Hall–Kier alpha value is -2.74. The molecule has 24 heavy (non-hydrogen) atoms. The van der Waals surface area contributed by atoms with Crippen molar-refractivity contribution in [3.63, 3.8) is 0 Å². The molecular formula is C15H11ClF3N3O2. The zero-order valence-electron chi connectivity index (χ0n) is 11.9. The highest BCUT2D eigenvalue weighted by Crippen LogP contribution is 2.30. The minimum Gasteiger partial charge on any atom is -0.399 e. The number of amides is 2. The molecule has 2 amide bonds. The maximum Gasteiger partial charge on any atom is 0.416 e. The molecule has 0 aliphatic carbocycles. The number of alkyl halides is 3. The van der Waals surface area contributed by atoms with Crippen molar-refractivity contribution in [3.05, 3.63) is 53.1 Å². The predicted molar refractivity (Wildman–Crippen MR) is 84.6 cm³/mol. The summed E-state index contributed by atoms with van der Waals surface area (Å²) in [6.45, 7) is 0. The molecule has 0 aromatic heterocycles. The standard InChI is InChI=1S/C15H11ClF3N3O2/c16-11-7-9(20)4-5-12(11)22-14(24)13(23)21-10-3-1-2-8(6-10)15(17,18)19/h1-7H,20H2,(H,21,23)(H,22,24). The van der Waals surface area contributed by atoms with Gasteiger partial charge in [-0.1, -0.05) is 17.7 Å². The van der Waals surface area contributed by atoms with Crippen molar-refractivity contribution in [1.29, 1.82) is 0 Å². The summed E-state index contributed by atoms with van der Waals surface area (Å²) in [6.07, 6.45) is -4.56. The van der Waals surface area contributed by atoms with Gasteiger partial charge in [-0.25, -0.2) is 0 Å². The molecule has 9 heteroatoms. The first-order chi connectivity index (χ1) is 11.2. The first-order valence-electron chi connectivity index (χ1n) is 6.51. The van der Waals surface area contributed by atoms with Crippen molar-refractivity contribution in [3.8, 4) is 0 Å². The molecule has 0 fully saturated rings. The van der Waals surface area contributed by atoms with E-state index >= 15 is 0 Å². The SMILES string of the molecule is Nc1ccc(NC(=O)C(=O)Nc2cccc(C(F)(F)F)c2)c(Cl)c1. The number of benzene rings is 2. The molecule has 0 aliphatic rings. The van der Waals surface area contributed by atoms with E-state index in [2.05, 4.69) is 10.6 Å². The molecule has 0 unspecified atom stereocenters. The third kappa shape index (κ3) is 4.39. The van der Waals surface area contributed by atoms with Gasteiger partial charge in [0.1, 0.15) is 0 Å². The fourth-order valence-corrected chi connectivity index (χ4v) is 2.01. The van der Waals surface area contributed by atoms with Crippen LogP contribution in [0.25, 0.3) is 0 Å². The fourth-order valence-electron chi connectivity index (χ4n) is 1.77. The van der Waals surface area contributed by atoms with Gasteiger partial charge in [-0.2, -0.15) is 13.2 Å². The Morgan fingerprint density at radius 2 is 1.67 bits per heavy atom. The lowest BCUT2D eigenvalue weighted by atomic mass is 10.2. The number of rotatable bonds is 2. The van der Waals surface area contributed by atoms with Gasteiger partial charge in [-0.05, 0) is 36.4 Å². The zero-order valence-corrected chi connectivity index (χ0v) is 12.7. The van der Waals surface area contributed by atoms with Gasteiger partial charge >= 0.3 is 18.0 Å². The van der Waals surface area contributed by atoms with Crippen LogP contribution >= 0.6 is 11.6 Å². The fraction of sp³-hybridized carbons (Fsp3) is 0.0667. The van der Waals surface area contributed by atoms with Crippen molar-refractivity contribution < 1.29 is 22.8 Å². The maximum absolute atomic E-state index is 12.6. The molecule has 0 atom stereocenters. The Morgan fingerprint density at radius 1 is 1.00 bits per heavy atom. The average molecular weight is 358 g/mol. The van der Waals surface area contributed by atoms with E-state index in [1.165, 1.54) is 24.3 Å². The highest BCUT2D eigenvalue weighted by atomic mass is 35.5. The summed E-state index contributed by atoms with van der Waals surface area (Å²) in [7, 11) is 0. The highest BCUT2D eigenvalue weighted by Gasteiger charge is 2.30. The number of carbonyl (C=O) groups excluding carboxylic acids is 2. The summed E-state index contributed by atoms with van der Waals surface area (Å²) in [5.41, 5.74) is 4.92. The third-order valence-corrected chi connectivity index (χ3v) is 3.21. The van der Waals surface area contributed by atoms with Gasteiger partial charge in [0.2, 0.25) is 0 Å². The minimum atomic E-state index is -4.56. The molecule has 4 N–H and O–H groups in total. The van der Waals surface area contributed by atoms with Gasteiger partial charge in [0.15, 0.2) is 0 Å². The number of nitrogens with one attached hydrogen (secondary N) is 2. The molecule has 126 valence electrons. The lowest BCUT2D eigenvalue weighted by molar-refractivity contribution is -0.137. The Kier molecular flexibility index (Phi) is 4.99. The number of halogens is 4. The number of nitrogens with two attached hydrogens (primary N) is 1. The van der Waals surface area contributed by atoms with Gasteiger partial charge in [0, 0.05) is 11.4 Å². The van der Waals surface area contributed by atoms with Crippen LogP contribution in [-0.2, 0) is 15.8 Å². The summed E-state index contributed by atoms with van der Waals surface area (Å²) < 4.78 is 37.8. The second-order valence-electron chi connectivity index (χ2n) is 4.73. The molecule has 0 radical (unpaired) electrons. The highest BCUT2D eigenvalue weighted by molar-refractivity contribution is 6.44. The van der Waals surface area contributed by atoms with Crippen LogP contribution in [-0.4, -0.2) is 11.8 Å². The zero-order chi connectivity index (χ0) is 17.9. The quantitative estimate of drug-likeness (QED) is 0.568. The number of carbonyl (C=O) groups is 2. The molecule has 0 heterocycles. The van der Waals surface area contributed by atoms with Crippen LogP contribution < -0.4 is 16.4 Å². The van der Waals surface area contributed by atoms with E-state index in [0.29, 0.717) is 5.69 Å². The molecule has 0 saturated carbocycles. The number of hydrogen-bond acceptors (Lipinski definition) is 3. The van der Waals surface area contributed by atoms with Gasteiger partial charge in [-0.3, -0.25) is 9.59 Å². The molecule has 0 spiro atoms. The van der Waals surface area contributed by atoms with E-state index in [0.717, 1.165) is 18.2 Å². The molecule has 2 aromatic carbocycles. The first-order valence-corrected chi connectivity index (χ1v) is 6.89. The third-order valence-electron chi connectivity index (χ3n) is 2.90. The minimum absolute atomic E-state index is 0.121. The number of hydrogen-bond donors (Lipinski definition) is 3. The largest absolute Gasteiger partial charge is 0.416 e. The topological polar surface area (TPSA) is 84.2 Å². The second-order valence-corrected chi connectivity index (χ2v) is 5.13. The lowest BCUT2D eigenvalue weighted by Crippen LogP contribution is -2.29. The maximum atomic E-state index is 12.6. The number of nitrogen functional groups attached to an aromatic ring is 1. The van der Waals surface area contributed by atoms with E-state index in [-0.39, 0.29) is 16.4 Å². The monoisotopic (exact) mass is 357 g/mol. The van der Waals surface area contributed by atoms with Gasteiger partial charge < -0.3 is 16.4 Å². The van der Waals surface area contributed by atoms with E-state index in [4.69, 9.17) is 17.3 Å². The van der Waals surface area contributed by atoms with E-state index in [9.17, 15) is 22.8 Å². The molecule has 0 saturated heterocycles. The first kappa shape index (κ1) is 17.6. The van der Waals surface area contributed by atoms with Crippen LogP contribution in [0, 0.1) is 0 Å². The molecule has 2 rings (SSSR count). The van der Waals surface area contributed by atoms with E-state index in [1.807, 2.05) is 0 Å². The van der Waals surface area contributed by atoms with Crippen LogP contribution in [0.4, 0.5) is 30.2 Å². The van der Waals surface area contributed by atoms with Crippen LogP contribution in [0.3, 0.4) is 0 Å². The Bertz CT molecular complexity index is 794. The Balaban J connectivity index is 2.08. The van der Waals surface area contributed by atoms with Crippen LogP contribution in [0.2, 0.25) is 5.02 Å². The molecule has 5 nitrogen and oxygen atoms in total. The number of anilines is 3. The van der Waals surface area contributed by atoms with Crippen molar-refractivity contribution in [2.45, 2.75) is 6.18 Å². The summed E-state index contributed by atoms with van der Waals surface area (Å²) in [6, 6.07) is 8.16. The van der Waals surface area contributed by atoms with Gasteiger partial charge in [0.05, 0.1) is 16.3 Å². The average Bonchev–Trinajstić information content (AvgIpc) is 2.49. The van der Waals surface area contributed by atoms with Crippen molar-refractivity contribution in [2.24, 2.45) is 0 Å². The second kappa shape index (κ2) is 6.79. The van der Waals surface area contributed by atoms with Crippen molar-refractivity contribution >= 4 is 40.5 Å². The van der Waals surface area contributed by atoms with Gasteiger partial charge in [-0.15, -0.1) is 0 Å². The van der Waals surface area contributed by atoms with E-state index < -0.39 is 23.6 Å². The van der Waals surface area contributed by atoms with Crippen LogP contribution in [0.15, 0.2) is 42.5 Å². The molecule has 2 aromatic rings. The Morgan fingerprint density at radius 3 is 2.29 bits per heavy atom. The lowest BCUT2D eigenvalue weighted by Gasteiger charge is -2.10. The summed E-state index contributed by atoms with van der Waals surface area (Å²) in [5, 5.41) is 4.45. The normalized spacial score (nSPS) is 11.0. The van der Waals surface area contributed by atoms with Crippen LogP contribution in [0.5, 0.6) is 0 Å². The summed E-state index contributed by atoms with van der Waals surface area (Å²) >= 11 is 5.86. The smallest absolute Gasteiger partial charge is 0.399 e. The molecule has 0 bridgehead atoms. The van der Waals surface area contributed by atoms with Crippen molar-refractivity contribution in [1.82, 2.24) is 0 Å². The van der Waals surface area contributed by atoms with Crippen molar-refractivity contribution in [2.75, 3.05) is 16.4 Å². The molecular weight excluding hydrogens is 347 g/mol. The predicted octanol–water partition coefficient (Wildman–Crippen LogP) is 3.52. The summed E-state index contributed by atoms with van der Waals surface area (Å²) in [4.78, 5) is 23.6. The van der Waals surface area contributed by atoms with E-state index in [1.54, 1.807) is 0 Å². The van der Waals surface area contributed by atoms with Gasteiger partial charge in [0.25, 0.3) is 0 Å². The summed E-state index contributed by atoms with van der Waals surface area (Å²) in [5.74, 6) is -2.22. The van der Waals surface area contributed by atoms with Crippen LogP contribution in [0.1, 0.15) is 5.56 Å².